The van der Waals surface area contributed by atoms with Gasteiger partial charge in [-0.15, -0.1) is 11.3 Å². The van der Waals surface area contributed by atoms with Crippen molar-refractivity contribution in [2.45, 2.75) is 13.5 Å². The number of halogens is 1. The highest BCUT2D eigenvalue weighted by atomic mass is 35.5. The highest BCUT2D eigenvalue weighted by Gasteiger charge is 2.10. The number of esters is 1. The zero-order valence-electron chi connectivity index (χ0n) is 13.5. The number of amides is 1. The van der Waals surface area contributed by atoms with Crippen LogP contribution in [0.25, 0.3) is 0 Å². The van der Waals surface area contributed by atoms with Crippen molar-refractivity contribution in [2.75, 3.05) is 25.5 Å². The highest BCUT2D eigenvalue weighted by Crippen LogP contribution is 2.22. The van der Waals surface area contributed by atoms with Gasteiger partial charge in [-0.2, -0.15) is 0 Å². The fraction of sp³-hybridized carbons (Fsp3) is 0.294. The molecule has 0 unspecified atom stereocenters. The molecule has 128 valence electrons. The van der Waals surface area contributed by atoms with E-state index < -0.39 is 0 Å². The minimum absolute atomic E-state index is 0.121. The van der Waals surface area contributed by atoms with Crippen molar-refractivity contribution in [3.05, 3.63) is 51.2 Å². The zero-order chi connectivity index (χ0) is 17.5. The Bertz CT molecular complexity index is 700. The van der Waals surface area contributed by atoms with E-state index in [1.54, 1.807) is 31.2 Å². The van der Waals surface area contributed by atoms with Crippen LogP contribution >= 0.6 is 22.9 Å². The minimum atomic E-state index is -0.371. The second kappa shape index (κ2) is 8.82. The van der Waals surface area contributed by atoms with Gasteiger partial charge in [-0.3, -0.25) is 9.69 Å². The van der Waals surface area contributed by atoms with E-state index in [1.807, 2.05) is 24.1 Å². The molecule has 5 nitrogen and oxygen atoms in total. The van der Waals surface area contributed by atoms with Gasteiger partial charge in [-0.1, -0.05) is 11.6 Å². The SMILES string of the molecule is CCOC(=O)c1ccc(NC(=O)CN(C)Cc2ccc(Cl)s2)cc1. The van der Waals surface area contributed by atoms with Crippen molar-refractivity contribution in [2.24, 2.45) is 0 Å². The van der Waals surface area contributed by atoms with Gasteiger partial charge < -0.3 is 10.1 Å². The van der Waals surface area contributed by atoms with Crippen molar-refractivity contribution in [3.63, 3.8) is 0 Å². The molecular formula is C17H19ClN2O3S. The summed E-state index contributed by atoms with van der Waals surface area (Å²) < 4.78 is 5.66. The molecule has 0 spiro atoms. The summed E-state index contributed by atoms with van der Waals surface area (Å²) in [6, 6.07) is 10.4. The zero-order valence-corrected chi connectivity index (χ0v) is 15.1. The van der Waals surface area contributed by atoms with Gasteiger partial charge in [0.05, 0.1) is 23.1 Å². The number of likely N-dealkylation sites (N-methyl/N-ethyl adjacent to an activating group) is 1. The van der Waals surface area contributed by atoms with E-state index in [0.717, 1.165) is 9.21 Å². The summed E-state index contributed by atoms with van der Waals surface area (Å²) in [5.74, 6) is -0.492. The molecule has 1 amide bonds. The predicted molar refractivity (Wildman–Crippen MR) is 96.7 cm³/mol. The molecule has 0 radical (unpaired) electrons. The number of carbonyl (C=O) groups is 2. The van der Waals surface area contributed by atoms with E-state index in [1.165, 1.54) is 11.3 Å². The Morgan fingerprint density at radius 1 is 1.21 bits per heavy atom. The lowest BCUT2D eigenvalue weighted by molar-refractivity contribution is -0.117. The van der Waals surface area contributed by atoms with Crippen molar-refractivity contribution < 1.29 is 14.3 Å². The van der Waals surface area contributed by atoms with Gasteiger partial charge in [0, 0.05) is 17.1 Å². The van der Waals surface area contributed by atoms with Crippen LogP contribution in [0.2, 0.25) is 4.34 Å². The van der Waals surface area contributed by atoms with Crippen LogP contribution in [0.3, 0.4) is 0 Å². The molecule has 0 aliphatic heterocycles. The van der Waals surface area contributed by atoms with Gasteiger partial charge in [-0.25, -0.2) is 4.79 Å². The third kappa shape index (κ3) is 5.63. The maximum absolute atomic E-state index is 12.1. The Kier molecular flexibility index (Phi) is 6.78. The summed E-state index contributed by atoms with van der Waals surface area (Å²) in [5, 5.41) is 2.81. The number of hydrogen-bond acceptors (Lipinski definition) is 5. The Morgan fingerprint density at radius 3 is 2.50 bits per heavy atom. The maximum atomic E-state index is 12.1. The number of carbonyl (C=O) groups excluding carboxylic acids is 2. The van der Waals surface area contributed by atoms with Gasteiger partial charge in [0.15, 0.2) is 0 Å². The summed E-state index contributed by atoms with van der Waals surface area (Å²) in [4.78, 5) is 26.7. The van der Waals surface area contributed by atoms with Crippen LogP contribution in [-0.2, 0) is 16.1 Å². The summed E-state index contributed by atoms with van der Waals surface area (Å²) in [6.07, 6.45) is 0. The lowest BCUT2D eigenvalue weighted by Crippen LogP contribution is -2.29. The summed E-state index contributed by atoms with van der Waals surface area (Å²) in [6.45, 7) is 3.01. The molecule has 0 saturated heterocycles. The Morgan fingerprint density at radius 2 is 1.92 bits per heavy atom. The molecular weight excluding hydrogens is 348 g/mol. The molecule has 0 saturated carbocycles. The number of anilines is 1. The topological polar surface area (TPSA) is 58.6 Å². The fourth-order valence-electron chi connectivity index (χ4n) is 2.11. The number of rotatable bonds is 7. The van der Waals surface area contributed by atoms with Crippen LogP contribution in [0.1, 0.15) is 22.2 Å². The molecule has 1 aromatic carbocycles. The van der Waals surface area contributed by atoms with Crippen molar-refractivity contribution >= 4 is 40.5 Å². The third-order valence-electron chi connectivity index (χ3n) is 3.15. The highest BCUT2D eigenvalue weighted by molar-refractivity contribution is 7.16. The van der Waals surface area contributed by atoms with E-state index in [4.69, 9.17) is 16.3 Å². The first-order valence-corrected chi connectivity index (χ1v) is 8.67. The standard InChI is InChI=1S/C17H19ClN2O3S/c1-3-23-17(22)12-4-6-13(7-5-12)19-16(21)11-20(2)10-14-8-9-15(18)24-14/h4-9H,3,10-11H2,1-2H3,(H,19,21). The second-order valence-electron chi connectivity index (χ2n) is 5.22. The van der Waals surface area contributed by atoms with Gasteiger partial charge in [0.25, 0.3) is 0 Å². The average Bonchev–Trinajstić information content (AvgIpc) is 2.92. The van der Waals surface area contributed by atoms with Gasteiger partial charge in [0.1, 0.15) is 0 Å². The first-order chi connectivity index (χ1) is 11.5. The van der Waals surface area contributed by atoms with Gasteiger partial charge >= 0.3 is 5.97 Å². The minimum Gasteiger partial charge on any atom is -0.462 e. The number of hydrogen-bond donors (Lipinski definition) is 1. The largest absolute Gasteiger partial charge is 0.462 e. The monoisotopic (exact) mass is 366 g/mol. The number of benzene rings is 1. The molecule has 0 bridgehead atoms. The quantitative estimate of drug-likeness (QED) is 0.760. The Labute approximate surface area is 150 Å². The molecule has 1 N–H and O–H groups in total. The first-order valence-electron chi connectivity index (χ1n) is 7.47. The number of thiophene rings is 1. The van der Waals surface area contributed by atoms with Gasteiger partial charge in [0.2, 0.25) is 5.91 Å². The van der Waals surface area contributed by atoms with Crippen LogP contribution in [0.4, 0.5) is 5.69 Å². The molecule has 0 aliphatic rings. The van der Waals surface area contributed by atoms with Crippen LogP contribution in [0, 0.1) is 0 Å². The summed E-state index contributed by atoms with van der Waals surface area (Å²) in [7, 11) is 1.87. The average molecular weight is 367 g/mol. The fourth-order valence-corrected chi connectivity index (χ4v) is 3.28. The third-order valence-corrected chi connectivity index (χ3v) is 4.36. The smallest absolute Gasteiger partial charge is 0.338 e. The maximum Gasteiger partial charge on any atom is 0.338 e. The molecule has 2 rings (SSSR count). The molecule has 0 fully saturated rings. The molecule has 1 aromatic heterocycles. The predicted octanol–water partition coefficient (Wildman–Crippen LogP) is 3.65. The number of ether oxygens (including phenoxy) is 1. The second-order valence-corrected chi connectivity index (χ2v) is 7.02. The molecule has 7 heteroatoms. The van der Waals surface area contributed by atoms with Crippen LogP contribution < -0.4 is 5.32 Å². The molecule has 1 heterocycles. The molecule has 0 atom stereocenters. The first kappa shape index (κ1) is 18.4. The molecule has 0 aliphatic carbocycles. The molecule has 24 heavy (non-hydrogen) atoms. The lowest BCUT2D eigenvalue weighted by atomic mass is 10.2. The number of nitrogens with one attached hydrogen (secondary N) is 1. The lowest BCUT2D eigenvalue weighted by Gasteiger charge is -2.15. The van der Waals surface area contributed by atoms with E-state index in [9.17, 15) is 9.59 Å². The summed E-state index contributed by atoms with van der Waals surface area (Å²) >= 11 is 7.40. The summed E-state index contributed by atoms with van der Waals surface area (Å²) in [5.41, 5.74) is 1.10. The van der Waals surface area contributed by atoms with Crippen LogP contribution in [-0.4, -0.2) is 37.0 Å². The van der Waals surface area contributed by atoms with Gasteiger partial charge in [-0.05, 0) is 50.4 Å². The Balaban J connectivity index is 1.84. The van der Waals surface area contributed by atoms with E-state index in [2.05, 4.69) is 5.32 Å². The normalized spacial score (nSPS) is 10.7. The number of nitrogens with zero attached hydrogens (tertiary/aromatic N) is 1. The van der Waals surface area contributed by atoms with Crippen molar-refractivity contribution in [1.82, 2.24) is 4.90 Å². The van der Waals surface area contributed by atoms with Crippen LogP contribution in [0.15, 0.2) is 36.4 Å². The van der Waals surface area contributed by atoms with Crippen LogP contribution in [0.5, 0.6) is 0 Å². The van der Waals surface area contributed by atoms with Crippen molar-refractivity contribution in [1.29, 1.82) is 0 Å². The Hall–Kier alpha value is -1.89. The molecule has 2 aromatic rings. The van der Waals surface area contributed by atoms with E-state index >= 15 is 0 Å². The van der Waals surface area contributed by atoms with Crippen molar-refractivity contribution in [3.8, 4) is 0 Å². The van der Waals surface area contributed by atoms with E-state index in [0.29, 0.717) is 24.4 Å². The van der Waals surface area contributed by atoms with E-state index in [-0.39, 0.29) is 18.4 Å².